The van der Waals surface area contributed by atoms with Gasteiger partial charge < -0.3 is 10.6 Å². The van der Waals surface area contributed by atoms with Gasteiger partial charge in [-0.1, -0.05) is 35.3 Å². The smallest absolute Gasteiger partial charge is 0.288 e. The van der Waals surface area contributed by atoms with Crippen molar-refractivity contribution in [3.8, 4) is 0 Å². The molecule has 2 N–H and O–H groups in total. The molecule has 0 radical (unpaired) electrons. The highest BCUT2D eigenvalue weighted by atomic mass is 127. The minimum atomic E-state index is -0.437. The second-order valence-corrected chi connectivity index (χ2v) is 9.30. The first-order chi connectivity index (χ1) is 14.3. The summed E-state index contributed by atoms with van der Waals surface area (Å²) in [6, 6.07) is 19.1. The van der Waals surface area contributed by atoms with Crippen molar-refractivity contribution in [3.05, 3.63) is 95.5 Å². The summed E-state index contributed by atoms with van der Waals surface area (Å²) in [4.78, 5) is 13.3. The number of rotatable bonds is 4. The number of benzene rings is 3. The molecule has 0 spiro atoms. The predicted molar refractivity (Wildman–Crippen MR) is 130 cm³/mol. The van der Waals surface area contributed by atoms with E-state index in [0.717, 1.165) is 33.2 Å². The molecule has 0 amide bonds. The Kier molecular flexibility index (Phi) is 6.09. The summed E-state index contributed by atoms with van der Waals surface area (Å²) in [5.74, 6) is 0. The minimum absolute atomic E-state index is 0.0251. The fraction of sp³-hybridized carbons (Fsp3) is 0.182. The molecular weight excluding hydrogens is 536 g/mol. The van der Waals surface area contributed by atoms with Gasteiger partial charge in [-0.2, -0.15) is 0 Å². The average Bonchev–Trinajstić information content (AvgIpc) is 3.16. The molecule has 4 rings (SSSR count). The number of hydrogen-bond donors (Lipinski definition) is 1. The minimum Gasteiger partial charge on any atom is -0.398 e. The summed E-state index contributed by atoms with van der Waals surface area (Å²) >= 11 is 14.4. The average molecular weight is 554 g/mol. The number of nitro benzene ring substituents is 1. The summed E-state index contributed by atoms with van der Waals surface area (Å²) in [5, 5.41) is 12.1. The standard InChI is InChI=1S/C22H18Cl2IN3O2/c23-17-7-1-13(11-19(17)26)20-9-10-21(27(20)16-5-3-15(25)4-6-16)14-2-8-18(24)22(12-14)28(29)30/h1-8,11-12,20-21H,9-10,26H2/t20-,21?/m0/s1. The van der Waals surface area contributed by atoms with E-state index in [1.807, 2.05) is 24.3 Å². The molecule has 30 heavy (non-hydrogen) atoms. The molecule has 0 saturated carbocycles. The SMILES string of the molecule is Nc1cc([C@@H]2CCC(c3ccc(Cl)c([N+](=O)[O-])c3)N2c2ccc(I)cc2)ccc1Cl. The Hall–Kier alpha value is -2.03. The summed E-state index contributed by atoms with van der Waals surface area (Å²) in [7, 11) is 0. The molecule has 3 aromatic carbocycles. The van der Waals surface area contributed by atoms with Gasteiger partial charge in [0.25, 0.3) is 5.69 Å². The molecule has 154 valence electrons. The number of hydrogen-bond acceptors (Lipinski definition) is 4. The van der Waals surface area contributed by atoms with E-state index in [1.54, 1.807) is 12.1 Å². The van der Waals surface area contributed by atoms with Crippen LogP contribution in [0.15, 0.2) is 60.7 Å². The van der Waals surface area contributed by atoms with Crippen molar-refractivity contribution in [1.82, 2.24) is 0 Å². The van der Waals surface area contributed by atoms with Crippen molar-refractivity contribution >= 4 is 62.9 Å². The zero-order valence-electron chi connectivity index (χ0n) is 15.8. The molecule has 1 aliphatic rings. The molecule has 1 fully saturated rings. The van der Waals surface area contributed by atoms with Crippen LogP contribution in [0, 0.1) is 13.7 Å². The molecule has 0 aliphatic carbocycles. The van der Waals surface area contributed by atoms with Gasteiger partial charge in [-0.25, -0.2) is 0 Å². The third kappa shape index (κ3) is 4.08. The van der Waals surface area contributed by atoms with E-state index < -0.39 is 4.92 Å². The van der Waals surface area contributed by atoms with Crippen LogP contribution in [0.1, 0.15) is 36.1 Å². The Morgan fingerprint density at radius 1 is 0.933 bits per heavy atom. The van der Waals surface area contributed by atoms with Crippen molar-refractivity contribution < 1.29 is 4.92 Å². The van der Waals surface area contributed by atoms with Crippen molar-refractivity contribution in [2.75, 3.05) is 10.6 Å². The predicted octanol–water partition coefficient (Wildman–Crippen LogP) is 7.17. The molecule has 3 aromatic rings. The van der Waals surface area contributed by atoms with E-state index in [2.05, 4.69) is 51.8 Å². The normalized spacial score (nSPS) is 18.6. The third-order valence-electron chi connectivity index (χ3n) is 5.47. The lowest BCUT2D eigenvalue weighted by Gasteiger charge is -2.33. The lowest BCUT2D eigenvalue weighted by molar-refractivity contribution is -0.384. The van der Waals surface area contributed by atoms with E-state index >= 15 is 0 Å². The first kappa shape index (κ1) is 21.2. The quantitative estimate of drug-likeness (QED) is 0.161. The summed E-state index contributed by atoms with van der Waals surface area (Å²) in [5.41, 5.74) is 9.53. The zero-order valence-corrected chi connectivity index (χ0v) is 19.4. The van der Waals surface area contributed by atoms with Crippen molar-refractivity contribution in [3.63, 3.8) is 0 Å². The highest BCUT2D eigenvalue weighted by Crippen LogP contribution is 2.48. The lowest BCUT2D eigenvalue weighted by Crippen LogP contribution is -2.26. The highest BCUT2D eigenvalue weighted by Gasteiger charge is 2.36. The van der Waals surface area contributed by atoms with Crippen molar-refractivity contribution in [2.45, 2.75) is 24.9 Å². The van der Waals surface area contributed by atoms with Crippen LogP contribution in [0.4, 0.5) is 17.1 Å². The van der Waals surface area contributed by atoms with Crippen LogP contribution in [-0.2, 0) is 0 Å². The fourth-order valence-corrected chi connectivity index (χ4v) is 4.75. The van der Waals surface area contributed by atoms with Gasteiger partial charge in [0, 0.05) is 15.3 Å². The Labute approximate surface area is 198 Å². The lowest BCUT2D eigenvalue weighted by atomic mass is 10.0. The van der Waals surface area contributed by atoms with Crippen LogP contribution in [0.25, 0.3) is 0 Å². The number of halogens is 3. The molecule has 1 saturated heterocycles. The summed E-state index contributed by atoms with van der Waals surface area (Å²) in [6.45, 7) is 0. The molecule has 0 bridgehead atoms. The Balaban J connectivity index is 1.80. The second kappa shape index (κ2) is 8.61. The van der Waals surface area contributed by atoms with E-state index in [0.29, 0.717) is 10.7 Å². The highest BCUT2D eigenvalue weighted by molar-refractivity contribution is 14.1. The van der Waals surface area contributed by atoms with E-state index in [-0.39, 0.29) is 22.8 Å². The van der Waals surface area contributed by atoms with E-state index in [9.17, 15) is 10.1 Å². The fourth-order valence-electron chi connectivity index (χ4n) is 4.09. The van der Waals surface area contributed by atoms with Crippen molar-refractivity contribution in [2.24, 2.45) is 0 Å². The van der Waals surface area contributed by atoms with Crippen LogP contribution in [0.3, 0.4) is 0 Å². The molecule has 0 aromatic heterocycles. The number of nitrogens with two attached hydrogens (primary N) is 1. The largest absolute Gasteiger partial charge is 0.398 e. The molecular formula is C22H18Cl2IN3O2. The maximum absolute atomic E-state index is 11.4. The number of nitrogens with zero attached hydrogens (tertiary/aromatic N) is 2. The maximum Gasteiger partial charge on any atom is 0.288 e. The number of nitro groups is 1. The number of nitrogen functional groups attached to an aromatic ring is 1. The van der Waals surface area contributed by atoms with Crippen LogP contribution in [0.5, 0.6) is 0 Å². The van der Waals surface area contributed by atoms with Gasteiger partial charge in [-0.05, 0) is 89.0 Å². The molecule has 1 aliphatic heterocycles. The zero-order chi connectivity index (χ0) is 21.4. The molecule has 2 atom stereocenters. The Bertz CT molecular complexity index is 1110. The van der Waals surface area contributed by atoms with Crippen LogP contribution < -0.4 is 10.6 Å². The molecule has 5 nitrogen and oxygen atoms in total. The molecule has 8 heteroatoms. The van der Waals surface area contributed by atoms with Gasteiger partial charge in [-0.15, -0.1) is 0 Å². The summed E-state index contributed by atoms with van der Waals surface area (Å²) < 4.78 is 1.14. The number of anilines is 2. The van der Waals surface area contributed by atoms with Gasteiger partial charge in [-0.3, -0.25) is 10.1 Å². The van der Waals surface area contributed by atoms with Crippen LogP contribution >= 0.6 is 45.8 Å². The van der Waals surface area contributed by atoms with Gasteiger partial charge in [0.15, 0.2) is 0 Å². The van der Waals surface area contributed by atoms with Crippen molar-refractivity contribution in [1.29, 1.82) is 0 Å². The molecule has 1 heterocycles. The maximum atomic E-state index is 11.4. The van der Waals surface area contributed by atoms with Crippen LogP contribution in [-0.4, -0.2) is 4.92 Å². The van der Waals surface area contributed by atoms with Gasteiger partial charge in [0.2, 0.25) is 0 Å². The van der Waals surface area contributed by atoms with Gasteiger partial charge in [0.05, 0.1) is 27.7 Å². The monoisotopic (exact) mass is 553 g/mol. The first-order valence-electron chi connectivity index (χ1n) is 9.38. The van der Waals surface area contributed by atoms with Crippen LogP contribution in [0.2, 0.25) is 10.0 Å². The molecule has 1 unspecified atom stereocenters. The Morgan fingerprint density at radius 3 is 2.07 bits per heavy atom. The van der Waals surface area contributed by atoms with Gasteiger partial charge >= 0.3 is 0 Å². The van der Waals surface area contributed by atoms with E-state index in [1.165, 1.54) is 0 Å². The van der Waals surface area contributed by atoms with E-state index in [4.69, 9.17) is 28.9 Å². The van der Waals surface area contributed by atoms with Gasteiger partial charge in [0.1, 0.15) is 5.02 Å². The third-order valence-corrected chi connectivity index (χ3v) is 6.85. The summed E-state index contributed by atoms with van der Waals surface area (Å²) in [6.07, 6.45) is 1.73. The Morgan fingerprint density at radius 2 is 1.50 bits per heavy atom. The first-order valence-corrected chi connectivity index (χ1v) is 11.2. The topological polar surface area (TPSA) is 72.4 Å². The second-order valence-electron chi connectivity index (χ2n) is 7.24.